The van der Waals surface area contributed by atoms with Crippen molar-refractivity contribution in [1.29, 1.82) is 0 Å². The fourth-order valence-electron chi connectivity index (χ4n) is 2.00. The van der Waals surface area contributed by atoms with E-state index in [1.807, 2.05) is 0 Å². The van der Waals surface area contributed by atoms with E-state index in [0.717, 1.165) is 0 Å². The Hall–Kier alpha value is -2.48. The summed E-state index contributed by atoms with van der Waals surface area (Å²) in [5, 5.41) is 13.4. The molecule has 1 aromatic carbocycles. The maximum absolute atomic E-state index is 12.3. The van der Waals surface area contributed by atoms with Gasteiger partial charge in [0.1, 0.15) is 0 Å². The van der Waals surface area contributed by atoms with Gasteiger partial charge in [0.2, 0.25) is 11.8 Å². The molecule has 0 atom stereocenters. The Morgan fingerprint density at radius 3 is 2.41 bits per heavy atom. The summed E-state index contributed by atoms with van der Waals surface area (Å²) in [6.45, 7) is 3.69. The number of hydrogen-bond donors (Lipinski definition) is 1. The number of rotatable bonds is 6. The van der Waals surface area contributed by atoms with Crippen LogP contribution in [0.5, 0.6) is 0 Å². The molecule has 0 aliphatic carbocycles. The Bertz CT molecular complexity index is 586. The Kier molecular flexibility index (Phi) is 6.00. The molecule has 1 rings (SSSR count). The van der Waals surface area contributed by atoms with Crippen molar-refractivity contribution in [2.45, 2.75) is 13.8 Å². The molecule has 0 aromatic heterocycles. The lowest BCUT2D eigenvalue weighted by Crippen LogP contribution is -2.38. The molecule has 1 aromatic rings. The van der Waals surface area contributed by atoms with Crippen LogP contribution in [0.25, 0.3) is 0 Å². The van der Waals surface area contributed by atoms with Crippen LogP contribution in [0.1, 0.15) is 13.8 Å². The molecule has 120 valence electrons. The largest absolute Gasteiger partial charge is 0.324 e. The van der Waals surface area contributed by atoms with Crippen molar-refractivity contribution in [2.24, 2.45) is 0 Å². The fraction of sp³-hybridized carbons (Fsp3) is 0.429. The highest BCUT2D eigenvalue weighted by atomic mass is 16.6. The SMILES string of the molecule is CCN(C(=O)CN(C)C)c1ccc([N+](=O)[O-])cc1NC(C)=O. The predicted octanol–water partition coefficient (Wildman–Crippen LogP) is 1.47. The maximum Gasteiger partial charge on any atom is 0.271 e. The minimum absolute atomic E-state index is 0.149. The van der Waals surface area contributed by atoms with Crippen LogP contribution in [-0.4, -0.2) is 48.8 Å². The summed E-state index contributed by atoms with van der Waals surface area (Å²) >= 11 is 0. The fourth-order valence-corrected chi connectivity index (χ4v) is 2.00. The first kappa shape index (κ1) is 17.6. The number of benzene rings is 1. The van der Waals surface area contributed by atoms with Crippen LogP contribution >= 0.6 is 0 Å². The summed E-state index contributed by atoms with van der Waals surface area (Å²) in [5.41, 5.74) is 0.536. The molecule has 0 fully saturated rings. The zero-order valence-corrected chi connectivity index (χ0v) is 13.1. The van der Waals surface area contributed by atoms with E-state index in [-0.39, 0.29) is 29.7 Å². The zero-order chi connectivity index (χ0) is 16.9. The van der Waals surface area contributed by atoms with Crippen molar-refractivity contribution in [3.8, 4) is 0 Å². The van der Waals surface area contributed by atoms with Crippen molar-refractivity contribution >= 4 is 28.9 Å². The molecule has 8 nitrogen and oxygen atoms in total. The second-order valence-corrected chi connectivity index (χ2v) is 5.02. The number of amides is 2. The Morgan fingerprint density at radius 1 is 1.32 bits per heavy atom. The molecule has 0 heterocycles. The highest BCUT2D eigenvalue weighted by Crippen LogP contribution is 2.30. The first-order chi connectivity index (χ1) is 10.3. The van der Waals surface area contributed by atoms with Crippen molar-refractivity contribution in [2.75, 3.05) is 37.4 Å². The first-order valence-corrected chi connectivity index (χ1v) is 6.77. The Morgan fingerprint density at radius 2 is 1.95 bits per heavy atom. The van der Waals surface area contributed by atoms with Gasteiger partial charge in [0, 0.05) is 25.6 Å². The van der Waals surface area contributed by atoms with E-state index in [4.69, 9.17) is 0 Å². The van der Waals surface area contributed by atoms with E-state index in [2.05, 4.69) is 5.32 Å². The molecule has 0 spiro atoms. The molecule has 8 heteroatoms. The molecule has 1 N–H and O–H groups in total. The van der Waals surface area contributed by atoms with Crippen LogP contribution in [-0.2, 0) is 9.59 Å². The van der Waals surface area contributed by atoms with Gasteiger partial charge in [0.15, 0.2) is 0 Å². The lowest BCUT2D eigenvalue weighted by molar-refractivity contribution is -0.384. The number of carbonyl (C=O) groups is 2. The van der Waals surface area contributed by atoms with Crippen LogP contribution in [0.15, 0.2) is 18.2 Å². The molecule has 0 radical (unpaired) electrons. The second kappa shape index (κ2) is 7.51. The van der Waals surface area contributed by atoms with Crippen molar-refractivity contribution in [3.05, 3.63) is 28.3 Å². The topological polar surface area (TPSA) is 95.8 Å². The van der Waals surface area contributed by atoms with Gasteiger partial charge in [0.25, 0.3) is 5.69 Å². The number of nitrogens with one attached hydrogen (secondary N) is 1. The quantitative estimate of drug-likeness (QED) is 0.634. The number of non-ortho nitro benzene ring substituents is 1. The van der Waals surface area contributed by atoms with Crippen LogP contribution in [0.2, 0.25) is 0 Å². The van der Waals surface area contributed by atoms with Gasteiger partial charge in [-0.05, 0) is 27.1 Å². The summed E-state index contributed by atoms with van der Waals surface area (Å²) in [6.07, 6.45) is 0. The third-order valence-electron chi connectivity index (χ3n) is 2.86. The third-order valence-corrected chi connectivity index (χ3v) is 2.86. The molecular formula is C14H20N4O4. The third kappa shape index (κ3) is 4.52. The van der Waals surface area contributed by atoms with Gasteiger partial charge in [-0.25, -0.2) is 0 Å². The minimum atomic E-state index is -0.549. The zero-order valence-electron chi connectivity index (χ0n) is 13.1. The number of carbonyl (C=O) groups excluding carboxylic acids is 2. The van der Waals surface area contributed by atoms with Crippen molar-refractivity contribution in [1.82, 2.24) is 4.90 Å². The minimum Gasteiger partial charge on any atom is -0.324 e. The molecule has 2 amide bonds. The monoisotopic (exact) mass is 308 g/mol. The summed E-state index contributed by atoms with van der Waals surface area (Å²) in [7, 11) is 3.55. The summed E-state index contributed by atoms with van der Waals surface area (Å²) < 4.78 is 0. The summed E-state index contributed by atoms with van der Waals surface area (Å²) in [5.74, 6) is -0.522. The number of anilines is 2. The van der Waals surface area contributed by atoms with Gasteiger partial charge < -0.3 is 15.1 Å². The van der Waals surface area contributed by atoms with Gasteiger partial charge in [0.05, 0.1) is 22.8 Å². The Labute approximate surface area is 128 Å². The molecule has 0 aliphatic heterocycles. The van der Waals surface area contributed by atoms with Gasteiger partial charge in [-0.15, -0.1) is 0 Å². The second-order valence-electron chi connectivity index (χ2n) is 5.02. The van der Waals surface area contributed by atoms with Gasteiger partial charge in [-0.3, -0.25) is 19.7 Å². The van der Waals surface area contributed by atoms with E-state index < -0.39 is 4.92 Å². The van der Waals surface area contributed by atoms with E-state index in [1.165, 1.54) is 30.0 Å². The van der Waals surface area contributed by atoms with E-state index in [1.54, 1.807) is 25.9 Å². The number of likely N-dealkylation sites (N-methyl/N-ethyl adjacent to an activating group) is 2. The molecule has 22 heavy (non-hydrogen) atoms. The molecule has 0 saturated carbocycles. The predicted molar refractivity (Wildman–Crippen MR) is 84.0 cm³/mol. The highest BCUT2D eigenvalue weighted by molar-refractivity contribution is 6.01. The van der Waals surface area contributed by atoms with Gasteiger partial charge in [-0.1, -0.05) is 0 Å². The average Bonchev–Trinajstić information content (AvgIpc) is 2.39. The standard InChI is InChI=1S/C14H20N4O4/c1-5-17(14(20)9-16(3)4)13-7-6-11(18(21)22)8-12(13)15-10(2)19/h6-8H,5,9H2,1-4H3,(H,15,19). The molecular weight excluding hydrogens is 288 g/mol. The highest BCUT2D eigenvalue weighted by Gasteiger charge is 2.20. The molecule has 0 unspecified atom stereocenters. The van der Waals surface area contributed by atoms with Crippen LogP contribution in [0.4, 0.5) is 17.1 Å². The van der Waals surface area contributed by atoms with Crippen LogP contribution in [0.3, 0.4) is 0 Å². The van der Waals surface area contributed by atoms with E-state index in [9.17, 15) is 19.7 Å². The lowest BCUT2D eigenvalue weighted by Gasteiger charge is -2.25. The smallest absolute Gasteiger partial charge is 0.271 e. The average molecular weight is 308 g/mol. The summed E-state index contributed by atoms with van der Waals surface area (Å²) in [4.78, 5) is 37.1. The summed E-state index contributed by atoms with van der Waals surface area (Å²) in [6, 6.07) is 4.04. The van der Waals surface area contributed by atoms with Crippen molar-refractivity contribution in [3.63, 3.8) is 0 Å². The Balaban J connectivity index is 3.26. The van der Waals surface area contributed by atoms with Gasteiger partial charge in [-0.2, -0.15) is 0 Å². The van der Waals surface area contributed by atoms with Crippen molar-refractivity contribution < 1.29 is 14.5 Å². The van der Waals surface area contributed by atoms with Gasteiger partial charge >= 0.3 is 0 Å². The van der Waals surface area contributed by atoms with E-state index >= 15 is 0 Å². The van der Waals surface area contributed by atoms with E-state index in [0.29, 0.717) is 12.2 Å². The first-order valence-electron chi connectivity index (χ1n) is 6.77. The van der Waals surface area contributed by atoms with Crippen LogP contribution in [0, 0.1) is 10.1 Å². The number of nitro benzene ring substituents is 1. The molecule has 0 aliphatic rings. The van der Waals surface area contributed by atoms with Crippen LogP contribution < -0.4 is 10.2 Å². The molecule has 0 bridgehead atoms. The maximum atomic E-state index is 12.3. The lowest BCUT2D eigenvalue weighted by atomic mass is 10.2. The number of hydrogen-bond acceptors (Lipinski definition) is 5. The number of nitro groups is 1. The molecule has 0 saturated heterocycles. The number of nitrogens with zero attached hydrogens (tertiary/aromatic N) is 3. The normalized spacial score (nSPS) is 10.4.